The molecule has 27 heavy (non-hydrogen) atoms. The van der Waals surface area contributed by atoms with Gasteiger partial charge in [-0.1, -0.05) is 19.1 Å². The number of anilines is 2. The van der Waals surface area contributed by atoms with E-state index in [4.69, 9.17) is 14.2 Å². The lowest BCUT2D eigenvalue weighted by Gasteiger charge is -2.38. The van der Waals surface area contributed by atoms with Crippen LogP contribution in [0.2, 0.25) is 0 Å². The molecule has 0 bridgehead atoms. The highest BCUT2D eigenvalue weighted by Crippen LogP contribution is 2.36. The Balaban J connectivity index is 2.06. The van der Waals surface area contributed by atoms with Crippen molar-refractivity contribution < 1.29 is 23.8 Å². The van der Waals surface area contributed by atoms with Gasteiger partial charge < -0.3 is 24.0 Å². The van der Waals surface area contributed by atoms with Crippen LogP contribution in [0, 0.1) is 5.92 Å². The molecule has 0 amide bonds. The maximum Gasteiger partial charge on any atom is 0.355 e. The fraction of sp³-hybridized carbons (Fsp3) is 0.500. The number of esters is 2. The average molecular weight is 374 g/mol. The van der Waals surface area contributed by atoms with Crippen molar-refractivity contribution in [1.29, 1.82) is 0 Å². The molecule has 1 saturated heterocycles. The quantitative estimate of drug-likeness (QED) is 0.749. The monoisotopic (exact) mass is 374 g/mol. The molecular weight excluding hydrogens is 348 g/mol. The molecule has 1 atom stereocenters. The third kappa shape index (κ3) is 3.93. The molecule has 0 radical (unpaired) electrons. The summed E-state index contributed by atoms with van der Waals surface area (Å²) in [5, 5.41) is 0. The van der Waals surface area contributed by atoms with E-state index in [1.807, 2.05) is 24.3 Å². The van der Waals surface area contributed by atoms with Crippen LogP contribution in [0.5, 0.6) is 0 Å². The number of methoxy groups -OCH3 is 2. The molecule has 2 heterocycles. The molecule has 7 heteroatoms. The second kappa shape index (κ2) is 8.43. The van der Waals surface area contributed by atoms with Crippen molar-refractivity contribution >= 4 is 23.3 Å². The molecule has 0 saturated carbocycles. The Morgan fingerprint density at radius 3 is 2.48 bits per heavy atom. The van der Waals surface area contributed by atoms with Crippen molar-refractivity contribution in [1.82, 2.24) is 0 Å². The Bertz CT molecular complexity index is 746. The van der Waals surface area contributed by atoms with Gasteiger partial charge in [0.1, 0.15) is 12.4 Å². The number of nitrogens with zero attached hydrogens (tertiary/aromatic N) is 2. The predicted molar refractivity (Wildman–Crippen MR) is 101 cm³/mol. The van der Waals surface area contributed by atoms with E-state index in [9.17, 15) is 9.59 Å². The third-order valence-electron chi connectivity index (χ3n) is 5.00. The molecule has 0 aliphatic carbocycles. The zero-order valence-electron chi connectivity index (χ0n) is 16.1. The van der Waals surface area contributed by atoms with Crippen LogP contribution in [-0.2, 0) is 23.8 Å². The number of carbonyl (C=O) groups is 2. The normalized spacial score (nSPS) is 20.5. The summed E-state index contributed by atoms with van der Waals surface area (Å²) in [4.78, 5) is 28.8. The summed E-state index contributed by atoms with van der Waals surface area (Å²) < 4.78 is 15.4. The summed E-state index contributed by atoms with van der Waals surface area (Å²) >= 11 is 0. The van der Waals surface area contributed by atoms with E-state index >= 15 is 0 Å². The van der Waals surface area contributed by atoms with E-state index < -0.39 is 11.9 Å². The van der Waals surface area contributed by atoms with E-state index in [1.54, 1.807) is 4.90 Å². The van der Waals surface area contributed by atoms with Crippen molar-refractivity contribution in [3.63, 3.8) is 0 Å². The number of para-hydroxylation sites is 2. The van der Waals surface area contributed by atoms with Gasteiger partial charge in [-0.2, -0.15) is 0 Å². The van der Waals surface area contributed by atoms with Crippen LogP contribution in [0.3, 0.4) is 0 Å². The van der Waals surface area contributed by atoms with Gasteiger partial charge in [-0.05, 0) is 30.9 Å². The third-order valence-corrected chi connectivity index (χ3v) is 5.00. The molecule has 1 fully saturated rings. The smallest absolute Gasteiger partial charge is 0.355 e. The molecule has 7 nitrogen and oxygen atoms in total. The van der Waals surface area contributed by atoms with Gasteiger partial charge in [-0.15, -0.1) is 0 Å². The van der Waals surface area contributed by atoms with Crippen LogP contribution in [0.4, 0.5) is 11.4 Å². The SMILES string of the molecule is COC(=O)C1=C(C(=O)OC)N(c2ccccc2N2CCCC(C)C2)COC1. The first-order valence-electron chi connectivity index (χ1n) is 9.15. The van der Waals surface area contributed by atoms with Crippen molar-refractivity contribution in [3.05, 3.63) is 35.5 Å². The van der Waals surface area contributed by atoms with Gasteiger partial charge in [0.15, 0.2) is 0 Å². The first-order chi connectivity index (χ1) is 13.1. The standard InChI is InChI=1S/C20H26N2O5/c1-14-7-6-10-21(11-14)16-8-4-5-9-17(16)22-13-27-12-15(19(23)25-2)18(22)20(24)26-3/h4-5,8-9,14H,6-7,10-13H2,1-3H3. The molecule has 0 spiro atoms. The molecule has 0 aromatic heterocycles. The van der Waals surface area contributed by atoms with Crippen LogP contribution >= 0.6 is 0 Å². The van der Waals surface area contributed by atoms with Gasteiger partial charge in [-0.3, -0.25) is 0 Å². The molecule has 146 valence electrons. The fourth-order valence-corrected chi connectivity index (χ4v) is 3.70. The summed E-state index contributed by atoms with van der Waals surface area (Å²) in [5.41, 5.74) is 2.17. The van der Waals surface area contributed by atoms with Gasteiger partial charge in [0.05, 0.1) is 37.8 Å². The molecule has 0 N–H and O–H groups in total. The van der Waals surface area contributed by atoms with Gasteiger partial charge >= 0.3 is 11.9 Å². The lowest BCUT2D eigenvalue weighted by Crippen LogP contribution is -2.40. The molecule has 1 unspecified atom stereocenters. The summed E-state index contributed by atoms with van der Waals surface area (Å²) in [6.45, 7) is 4.32. The first-order valence-corrected chi connectivity index (χ1v) is 9.15. The first kappa shape index (κ1) is 19.2. The maximum atomic E-state index is 12.5. The zero-order chi connectivity index (χ0) is 19.4. The van der Waals surface area contributed by atoms with Gasteiger partial charge in [0.25, 0.3) is 0 Å². The lowest BCUT2D eigenvalue weighted by molar-refractivity contribution is -0.140. The van der Waals surface area contributed by atoms with E-state index in [2.05, 4.69) is 11.8 Å². The van der Waals surface area contributed by atoms with Crippen LogP contribution in [-0.4, -0.2) is 52.6 Å². The lowest BCUT2D eigenvalue weighted by atomic mass is 9.99. The Labute approximate surface area is 159 Å². The molecule has 2 aliphatic rings. The van der Waals surface area contributed by atoms with E-state index in [1.165, 1.54) is 20.6 Å². The fourth-order valence-electron chi connectivity index (χ4n) is 3.70. The second-order valence-corrected chi connectivity index (χ2v) is 6.90. The number of ether oxygens (including phenoxy) is 3. The van der Waals surface area contributed by atoms with Crippen molar-refractivity contribution in [3.8, 4) is 0 Å². The highest BCUT2D eigenvalue weighted by atomic mass is 16.5. The predicted octanol–water partition coefficient (Wildman–Crippen LogP) is 2.32. The van der Waals surface area contributed by atoms with Crippen molar-refractivity contribution in [2.45, 2.75) is 19.8 Å². The number of piperidine rings is 1. The zero-order valence-corrected chi connectivity index (χ0v) is 16.1. The molecule has 1 aromatic carbocycles. The van der Waals surface area contributed by atoms with Crippen LogP contribution in [0.15, 0.2) is 35.5 Å². The van der Waals surface area contributed by atoms with Crippen molar-refractivity contribution in [2.24, 2.45) is 5.92 Å². The van der Waals surface area contributed by atoms with Gasteiger partial charge in [0, 0.05) is 13.1 Å². The van der Waals surface area contributed by atoms with Gasteiger partial charge in [-0.25, -0.2) is 9.59 Å². The van der Waals surface area contributed by atoms with Crippen LogP contribution < -0.4 is 9.80 Å². The van der Waals surface area contributed by atoms with E-state index in [0.29, 0.717) is 5.92 Å². The Kier molecular flexibility index (Phi) is 6.01. The number of hydrogen-bond acceptors (Lipinski definition) is 7. The Morgan fingerprint density at radius 1 is 1.11 bits per heavy atom. The number of hydrogen-bond donors (Lipinski definition) is 0. The maximum absolute atomic E-state index is 12.5. The highest BCUT2D eigenvalue weighted by Gasteiger charge is 2.34. The highest BCUT2D eigenvalue weighted by molar-refractivity contribution is 6.04. The topological polar surface area (TPSA) is 68.3 Å². The van der Waals surface area contributed by atoms with Crippen LogP contribution in [0.1, 0.15) is 19.8 Å². The number of benzene rings is 1. The van der Waals surface area contributed by atoms with E-state index in [0.717, 1.165) is 30.9 Å². The minimum atomic E-state index is -0.593. The summed E-state index contributed by atoms with van der Waals surface area (Å²) in [7, 11) is 2.59. The molecular formula is C20H26N2O5. The Hall–Kier alpha value is -2.54. The minimum Gasteiger partial charge on any atom is -0.466 e. The minimum absolute atomic E-state index is 0.0104. The van der Waals surface area contributed by atoms with E-state index in [-0.39, 0.29) is 24.6 Å². The van der Waals surface area contributed by atoms with Gasteiger partial charge in [0.2, 0.25) is 0 Å². The molecule has 2 aliphatic heterocycles. The van der Waals surface area contributed by atoms with Crippen molar-refractivity contribution in [2.75, 3.05) is 50.4 Å². The largest absolute Gasteiger partial charge is 0.466 e. The average Bonchev–Trinajstić information content (AvgIpc) is 2.72. The van der Waals surface area contributed by atoms with Crippen LogP contribution in [0.25, 0.3) is 0 Å². The Morgan fingerprint density at radius 2 is 1.81 bits per heavy atom. The summed E-state index contributed by atoms with van der Waals surface area (Å²) in [5.74, 6) is -0.574. The second-order valence-electron chi connectivity index (χ2n) is 6.90. The summed E-state index contributed by atoms with van der Waals surface area (Å²) in [6, 6.07) is 7.86. The molecule has 3 rings (SSSR count). The number of carbonyl (C=O) groups excluding carboxylic acids is 2. The number of rotatable bonds is 4. The molecule has 1 aromatic rings. The summed E-state index contributed by atoms with van der Waals surface area (Å²) in [6.07, 6.45) is 2.34.